The second-order valence-electron chi connectivity index (χ2n) is 3.67. The zero-order valence-electron chi connectivity index (χ0n) is 10.2. The Hall–Kier alpha value is -1.06. The predicted octanol–water partition coefficient (Wildman–Crippen LogP) is 2.12. The predicted molar refractivity (Wildman–Crippen MR) is 60.6 cm³/mol. The normalized spacial score (nSPS) is 11.9. The van der Waals surface area contributed by atoms with Gasteiger partial charge in [-0.1, -0.05) is 13.8 Å². The number of hydrogen-bond donors (Lipinski definition) is 0. The summed E-state index contributed by atoms with van der Waals surface area (Å²) in [5.74, 6) is -0.189. The molecule has 0 aliphatic carbocycles. The lowest BCUT2D eigenvalue weighted by molar-refractivity contribution is -0.143. The molecule has 0 amide bonds. The molecule has 4 heteroatoms. The maximum Gasteiger partial charge on any atom is 0.305 e. The van der Waals surface area contributed by atoms with E-state index in [0.29, 0.717) is 19.6 Å². The zero-order chi connectivity index (χ0) is 12.4. The molecule has 0 bridgehead atoms. The molecule has 0 fully saturated rings. The van der Waals surface area contributed by atoms with Crippen LogP contribution in [0.4, 0.5) is 0 Å². The second-order valence-corrected chi connectivity index (χ2v) is 3.67. The first kappa shape index (κ1) is 14.9. The number of hydrogen-bond acceptors (Lipinski definition) is 4. The molecule has 0 aromatic heterocycles. The van der Waals surface area contributed by atoms with Crippen LogP contribution in [0.2, 0.25) is 0 Å². The third kappa shape index (κ3) is 8.26. The summed E-state index contributed by atoms with van der Waals surface area (Å²) in [5, 5.41) is 0. The molecule has 0 saturated heterocycles. The first-order valence-electron chi connectivity index (χ1n) is 5.68. The second kappa shape index (κ2) is 9.19. The number of esters is 2. The lowest BCUT2D eigenvalue weighted by atomic mass is 10.0. The van der Waals surface area contributed by atoms with Crippen molar-refractivity contribution < 1.29 is 19.1 Å². The van der Waals surface area contributed by atoms with Crippen LogP contribution in [0.1, 0.15) is 39.5 Å². The molecular formula is C12H21O4. The van der Waals surface area contributed by atoms with Gasteiger partial charge in [0.05, 0.1) is 13.2 Å². The average Bonchev–Trinajstić information content (AvgIpc) is 2.27. The molecule has 0 N–H and O–H groups in total. The van der Waals surface area contributed by atoms with Crippen LogP contribution >= 0.6 is 0 Å². The smallest absolute Gasteiger partial charge is 0.305 e. The largest absolute Gasteiger partial charge is 0.466 e. The first-order valence-corrected chi connectivity index (χ1v) is 5.68. The van der Waals surface area contributed by atoms with E-state index in [4.69, 9.17) is 9.47 Å². The van der Waals surface area contributed by atoms with Crippen LogP contribution in [-0.2, 0) is 19.1 Å². The van der Waals surface area contributed by atoms with Gasteiger partial charge in [-0.05, 0) is 25.2 Å². The zero-order valence-corrected chi connectivity index (χ0v) is 10.2. The quantitative estimate of drug-likeness (QED) is 0.472. The molecule has 1 unspecified atom stereocenters. The fraction of sp³-hybridized carbons (Fsp3) is 0.750. The molecule has 0 rings (SSSR count). The van der Waals surface area contributed by atoms with E-state index < -0.39 is 0 Å². The summed E-state index contributed by atoms with van der Waals surface area (Å²) in [4.78, 5) is 21.4. The van der Waals surface area contributed by atoms with Crippen LogP contribution in [-0.4, -0.2) is 25.2 Å². The van der Waals surface area contributed by atoms with E-state index in [1.54, 1.807) is 6.92 Å². The SMILES string of the molecule is [CH2]CC(CCCOC(=O)CC)COC(C)=O. The molecule has 0 aliphatic rings. The minimum absolute atomic E-state index is 0.175. The number of carbonyl (C=O) groups excluding carboxylic acids is 2. The van der Waals surface area contributed by atoms with Gasteiger partial charge in [0, 0.05) is 13.3 Å². The Morgan fingerprint density at radius 2 is 2.00 bits per heavy atom. The molecule has 93 valence electrons. The van der Waals surface area contributed by atoms with Gasteiger partial charge in [0.2, 0.25) is 0 Å². The molecule has 0 aromatic carbocycles. The minimum atomic E-state index is -0.268. The summed E-state index contributed by atoms with van der Waals surface area (Å²) >= 11 is 0. The van der Waals surface area contributed by atoms with Gasteiger partial charge in [-0.2, -0.15) is 0 Å². The Morgan fingerprint density at radius 3 is 2.50 bits per heavy atom. The van der Waals surface area contributed by atoms with Gasteiger partial charge >= 0.3 is 11.9 Å². The number of carbonyl (C=O) groups is 2. The Morgan fingerprint density at radius 1 is 1.31 bits per heavy atom. The van der Waals surface area contributed by atoms with E-state index in [2.05, 4.69) is 6.92 Å². The molecule has 0 spiro atoms. The van der Waals surface area contributed by atoms with Gasteiger partial charge in [-0.25, -0.2) is 0 Å². The van der Waals surface area contributed by atoms with Gasteiger partial charge in [-0.3, -0.25) is 9.59 Å². The maximum absolute atomic E-state index is 10.8. The summed E-state index contributed by atoms with van der Waals surface area (Å²) < 4.78 is 9.85. The summed E-state index contributed by atoms with van der Waals surface area (Å²) in [5.41, 5.74) is 0. The van der Waals surface area contributed by atoms with Gasteiger partial charge in [0.25, 0.3) is 0 Å². The number of ether oxygens (including phenoxy) is 2. The van der Waals surface area contributed by atoms with Crippen LogP contribution in [0.15, 0.2) is 0 Å². The third-order valence-corrected chi connectivity index (χ3v) is 2.24. The van der Waals surface area contributed by atoms with Crippen molar-refractivity contribution in [3.63, 3.8) is 0 Å². The van der Waals surface area contributed by atoms with Crippen molar-refractivity contribution in [2.24, 2.45) is 5.92 Å². The summed E-state index contributed by atoms with van der Waals surface area (Å²) in [6.07, 6.45) is 2.77. The highest BCUT2D eigenvalue weighted by molar-refractivity contribution is 5.68. The minimum Gasteiger partial charge on any atom is -0.466 e. The molecule has 0 aromatic rings. The fourth-order valence-corrected chi connectivity index (χ4v) is 1.21. The summed E-state index contributed by atoms with van der Waals surface area (Å²) in [7, 11) is 0. The topological polar surface area (TPSA) is 52.6 Å². The lowest BCUT2D eigenvalue weighted by Gasteiger charge is -2.14. The highest BCUT2D eigenvalue weighted by Gasteiger charge is 2.08. The highest BCUT2D eigenvalue weighted by atomic mass is 16.5. The van der Waals surface area contributed by atoms with Gasteiger partial charge in [0.15, 0.2) is 0 Å². The van der Waals surface area contributed by atoms with E-state index in [-0.39, 0.29) is 17.9 Å². The van der Waals surface area contributed by atoms with Gasteiger partial charge in [0.1, 0.15) is 0 Å². The maximum atomic E-state index is 10.8. The molecule has 16 heavy (non-hydrogen) atoms. The Bertz CT molecular complexity index is 213. The summed E-state index contributed by atoms with van der Waals surface area (Å²) in [6, 6.07) is 0. The molecule has 0 heterocycles. The monoisotopic (exact) mass is 229 g/mol. The van der Waals surface area contributed by atoms with E-state index in [9.17, 15) is 9.59 Å². The molecule has 4 nitrogen and oxygen atoms in total. The van der Waals surface area contributed by atoms with E-state index in [0.717, 1.165) is 19.3 Å². The van der Waals surface area contributed by atoms with Crippen molar-refractivity contribution in [2.75, 3.05) is 13.2 Å². The van der Waals surface area contributed by atoms with Gasteiger partial charge in [-0.15, -0.1) is 0 Å². The Kier molecular flexibility index (Phi) is 8.58. The van der Waals surface area contributed by atoms with Crippen LogP contribution in [0.3, 0.4) is 0 Å². The van der Waals surface area contributed by atoms with Crippen LogP contribution in [0.5, 0.6) is 0 Å². The molecule has 0 saturated carbocycles. The highest BCUT2D eigenvalue weighted by Crippen LogP contribution is 2.11. The van der Waals surface area contributed by atoms with Gasteiger partial charge < -0.3 is 9.47 Å². The lowest BCUT2D eigenvalue weighted by Crippen LogP contribution is -2.13. The Balaban J connectivity index is 3.55. The van der Waals surface area contributed by atoms with Crippen molar-refractivity contribution >= 4 is 11.9 Å². The summed E-state index contributed by atoms with van der Waals surface area (Å²) in [6.45, 7) is 7.79. The van der Waals surface area contributed by atoms with E-state index >= 15 is 0 Å². The van der Waals surface area contributed by atoms with Crippen molar-refractivity contribution in [3.8, 4) is 0 Å². The Labute approximate surface area is 97.3 Å². The van der Waals surface area contributed by atoms with Crippen LogP contribution in [0.25, 0.3) is 0 Å². The third-order valence-electron chi connectivity index (χ3n) is 2.24. The van der Waals surface area contributed by atoms with Crippen molar-refractivity contribution in [1.29, 1.82) is 0 Å². The van der Waals surface area contributed by atoms with Crippen LogP contribution in [0, 0.1) is 12.8 Å². The first-order chi connectivity index (χ1) is 7.60. The molecular weight excluding hydrogens is 208 g/mol. The van der Waals surface area contributed by atoms with E-state index in [1.807, 2.05) is 0 Å². The van der Waals surface area contributed by atoms with Crippen LogP contribution < -0.4 is 0 Å². The fourth-order valence-electron chi connectivity index (χ4n) is 1.21. The van der Waals surface area contributed by atoms with Crippen molar-refractivity contribution in [1.82, 2.24) is 0 Å². The standard InChI is InChI=1S/C12H21O4/c1-4-11(9-16-10(3)13)7-6-8-15-12(14)5-2/h11H,1,4-9H2,2-3H3. The average molecular weight is 229 g/mol. The molecule has 1 atom stereocenters. The molecule has 1 radical (unpaired) electrons. The van der Waals surface area contributed by atoms with E-state index in [1.165, 1.54) is 6.92 Å². The van der Waals surface area contributed by atoms with Crippen molar-refractivity contribution in [3.05, 3.63) is 6.92 Å². The number of rotatable bonds is 8. The van der Waals surface area contributed by atoms with Crippen molar-refractivity contribution in [2.45, 2.75) is 39.5 Å². The molecule has 0 aliphatic heterocycles.